The van der Waals surface area contributed by atoms with Gasteiger partial charge in [-0.3, -0.25) is 4.99 Å². The van der Waals surface area contributed by atoms with Crippen LogP contribution in [0.1, 0.15) is 37.3 Å². The summed E-state index contributed by atoms with van der Waals surface area (Å²) in [7, 11) is 0. The van der Waals surface area contributed by atoms with Crippen molar-refractivity contribution in [1.29, 1.82) is 5.26 Å². The van der Waals surface area contributed by atoms with E-state index in [4.69, 9.17) is 5.26 Å². The Kier molecular flexibility index (Phi) is 2.38. The van der Waals surface area contributed by atoms with Crippen LogP contribution in [0.2, 0.25) is 0 Å². The zero-order valence-corrected chi connectivity index (χ0v) is 10.8. The summed E-state index contributed by atoms with van der Waals surface area (Å²) in [6.07, 6.45) is 3.16. The molecule has 0 spiro atoms. The number of rotatable bonds is 1. The highest BCUT2D eigenvalue weighted by atomic mass is 14.8. The van der Waals surface area contributed by atoms with Gasteiger partial charge in [0.1, 0.15) is 0 Å². The first-order chi connectivity index (χ1) is 8.62. The van der Waals surface area contributed by atoms with Crippen LogP contribution >= 0.6 is 0 Å². The molecule has 2 aliphatic rings. The van der Waals surface area contributed by atoms with Crippen molar-refractivity contribution in [3.63, 3.8) is 0 Å². The molecule has 0 bridgehead atoms. The number of nitrogens with zero attached hydrogens (tertiary/aromatic N) is 2. The molecule has 0 saturated carbocycles. The van der Waals surface area contributed by atoms with E-state index in [-0.39, 0.29) is 5.41 Å². The first kappa shape index (κ1) is 11.2. The molecule has 1 atom stereocenters. The Morgan fingerprint density at radius 1 is 1.39 bits per heavy atom. The molecular formula is C16H16N2. The van der Waals surface area contributed by atoms with Crippen molar-refractivity contribution < 1.29 is 0 Å². The minimum atomic E-state index is 0.235. The summed E-state index contributed by atoms with van der Waals surface area (Å²) < 4.78 is 0. The number of nitriles is 1. The molecule has 0 N–H and O–H groups in total. The highest BCUT2D eigenvalue weighted by Crippen LogP contribution is 2.51. The predicted molar refractivity (Wildman–Crippen MR) is 72.7 cm³/mol. The van der Waals surface area contributed by atoms with Gasteiger partial charge in [-0.1, -0.05) is 26.0 Å². The van der Waals surface area contributed by atoms with E-state index in [0.717, 1.165) is 18.5 Å². The molecule has 1 aliphatic heterocycles. The van der Waals surface area contributed by atoms with Gasteiger partial charge in [0.25, 0.3) is 0 Å². The van der Waals surface area contributed by atoms with Crippen molar-refractivity contribution >= 4 is 6.21 Å². The van der Waals surface area contributed by atoms with Gasteiger partial charge in [-0.05, 0) is 40.7 Å². The summed E-state index contributed by atoms with van der Waals surface area (Å²) in [5.41, 5.74) is 5.10. The lowest BCUT2D eigenvalue weighted by molar-refractivity contribution is 0.419. The second-order valence-electron chi connectivity index (χ2n) is 5.78. The van der Waals surface area contributed by atoms with Crippen LogP contribution < -0.4 is 0 Å². The van der Waals surface area contributed by atoms with Gasteiger partial charge in [0.05, 0.1) is 18.2 Å². The topological polar surface area (TPSA) is 36.1 Å². The minimum Gasteiger partial charge on any atom is -0.288 e. The zero-order chi connectivity index (χ0) is 12.8. The summed E-state index contributed by atoms with van der Waals surface area (Å²) in [5.74, 6) is 0.412. The van der Waals surface area contributed by atoms with E-state index in [9.17, 15) is 0 Å². The minimum absolute atomic E-state index is 0.235. The lowest BCUT2D eigenvalue weighted by Gasteiger charge is -2.22. The average Bonchev–Trinajstić information content (AvgIpc) is 2.93. The maximum absolute atomic E-state index is 9.01. The SMILES string of the molecule is CC1(C)CC(c2cccc(C#N)c2)C2=C1CN=C2. The highest BCUT2D eigenvalue weighted by molar-refractivity contribution is 5.86. The predicted octanol–water partition coefficient (Wildman–Crippen LogP) is 3.45. The Morgan fingerprint density at radius 2 is 2.22 bits per heavy atom. The molecule has 0 fully saturated rings. The highest BCUT2D eigenvalue weighted by Gasteiger charge is 2.40. The van der Waals surface area contributed by atoms with E-state index in [2.05, 4.69) is 31.0 Å². The Morgan fingerprint density at radius 3 is 3.00 bits per heavy atom. The number of aliphatic imine (C=N–C) groups is 1. The number of hydrogen-bond donors (Lipinski definition) is 0. The number of hydrogen-bond acceptors (Lipinski definition) is 2. The Balaban J connectivity index is 2.04. The van der Waals surface area contributed by atoms with E-state index >= 15 is 0 Å². The molecule has 0 aromatic heterocycles. The molecule has 1 aliphatic carbocycles. The second-order valence-corrected chi connectivity index (χ2v) is 5.78. The molecule has 3 rings (SSSR count). The van der Waals surface area contributed by atoms with E-state index in [0.29, 0.717) is 5.92 Å². The van der Waals surface area contributed by atoms with E-state index in [1.165, 1.54) is 16.7 Å². The molecule has 2 nitrogen and oxygen atoms in total. The molecule has 2 heteroatoms. The fourth-order valence-corrected chi connectivity index (χ4v) is 3.18. The monoisotopic (exact) mass is 236 g/mol. The fourth-order valence-electron chi connectivity index (χ4n) is 3.18. The number of allylic oxidation sites excluding steroid dienone is 1. The maximum atomic E-state index is 9.01. The summed E-state index contributed by atoms with van der Waals surface area (Å²) in [6, 6.07) is 10.2. The van der Waals surface area contributed by atoms with Gasteiger partial charge in [-0.2, -0.15) is 5.26 Å². The van der Waals surface area contributed by atoms with Crippen molar-refractivity contribution in [2.75, 3.05) is 6.54 Å². The van der Waals surface area contributed by atoms with Gasteiger partial charge in [0.15, 0.2) is 0 Å². The van der Waals surface area contributed by atoms with Crippen LogP contribution in [-0.4, -0.2) is 12.8 Å². The van der Waals surface area contributed by atoms with Crippen LogP contribution in [0.25, 0.3) is 0 Å². The van der Waals surface area contributed by atoms with Crippen molar-refractivity contribution in [1.82, 2.24) is 0 Å². The van der Waals surface area contributed by atoms with Gasteiger partial charge in [0.2, 0.25) is 0 Å². The Bertz CT molecular complexity index is 600. The molecule has 1 unspecified atom stereocenters. The second kappa shape index (κ2) is 3.81. The Labute approximate surface area is 108 Å². The smallest absolute Gasteiger partial charge is 0.0991 e. The van der Waals surface area contributed by atoms with Crippen molar-refractivity contribution in [2.24, 2.45) is 10.4 Å². The van der Waals surface area contributed by atoms with Crippen LogP contribution in [0.15, 0.2) is 40.4 Å². The fraction of sp³-hybridized carbons (Fsp3) is 0.375. The molecule has 1 aromatic carbocycles. The van der Waals surface area contributed by atoms with Gasteiger partial charge in [0, 0.05) is 12.1 Å². The van der Waals surface area contributed by atoms with Crippen LogP contribution in [0.4, 0.5) is 0 Å². The third-order valence-corrected chi connectivity index (χ3v) is 4.15. The molecule has 90 valence electrons. The third-order valence-electron chi connectivity index (χ3n) is 4.15. The van der Waals surface area contributed by atoms with Crippen LogP contribution in [0, 0.1) is 16.7 Å². The first-order valence-corrected chi connectivity index (χ1v) is 6.35. The van der Waals surface area contributed by atoms with Crippen molar-refractivity contribution in [3.05, 3.63) is 46.5 Å². The van der Waals surface area contributed by atoms with E-state index < -0.39 is 0 Å². The van der Waals surface area contributed by atoms with Crippen LogP contribution in [0.5, 0.6) is 0 Å². The lowest BCUT2D eigenvalue weighted by atomic mass is 9.83. The summed E-state index contributed by atoms with van der Waals surface area (Å²) >= 11 is 0. The van der Waals surface area contributed by atoms with Crippen LogP contribution in [0.3, 0.4) is 0 Å². The molecular weight excluding hydrogens is 220 g/mol. The normalized spacial score (nSPS) is 24.2. The molecule has 18 heavy (non-hydrogen) atoms. The third kappa shape index (κ3) is 1.59. The maximum Gasteiger partial charge on any atom is 0.0991 e. The van der Waals surface area contributed by atoms with Crippen molar-refractivity contribution in [3.8, 4) is 6.07 Å². The first-order valence-electron chi connectivity index (χ1n) is 6.35. The van der Waals surface area contributed by atoms with Crippen molar-refractivity contribution in [2.45, 2.75) is 26.2 Å². The Hall–Kier alpha value is -1.88. The van der Waals surface area contributed by atoms with Gasteiger partial charge >= 0.3 is 0 Å². The summed E-state index contributed by atoms with van der Waals surface area (Å²) in [5, 5.41) is 9.01. The quantitative estimate of drug-likeness (QED) is 0.735. The molecule has 0 saturated heterocycles. The summed E-state index contributed by atoms with van der Waals surface area (Å²) in [4.78, 5) is 4.42. The molecule has 0 radical (unpaired) electrons. The molecule has 1 aromatic rings. The standard InChI is InChI=1S/C16H16N2/c1-16(2)7-13(14-9-18-10-15(14)16)12-5-3-4-11(6-12)8-17/h3-6,9,13H,7,10H2,1-2H3. The molecule has 1 heterocycles. The van der Waals surface area contributed by atoms with Crippen LogP contribution in [-0.2, 0) is 0 Å². The van der Waals surface area contributed by atoms with Gasteiger partial charge in [-0.15, -0.1) is 0 Å². The largest absolute Gasteiger partial charge is 0.288 e. The van der Waals surface area contributed by atoms with Gasteiger partial charge < -0.3 is 0 Å². The lowest BCUT2D eigenvalue weighted by Crippen LogP contribution is -2.12. The number of benzene rings is 1. The average molecular weight is 236 g/mol. The van der Waals surface area contributed by atoms with E-state index in [1.807, 2.05) is 24.4 Å². The summed E-state index contributed by atoms with van der Waals surface area (Å²) in [6.45, 7) is 5.45. The molecule has 0 amide bonds. The van der Waals surface area contributed by atoms with E-state index in [1.54, 1.807) is 0 Å². The zero-order valence-electron chi connectivity index (χ0n) is 10.8. The van der Waals surface area contributed by atoms with Gasteiger partial charge in [-0.25, -0.2) is 0 Å².